The Morgan fingerprint density at radius 1 is 1.41 bits per heavy atom. The molecule has 0 aromatic heterocycles. The lowest BCUT2D eigenvalue weighted by Crippen LogP contribution is -2.49. The molecule has 0 aliphatic carbocycles. The van der Waals surface area contributed by atoms with Crippen molar-refractivity contribution in [2.24, 2.45) is 5.92 Å². The highest BCUT2D eigenvalue weighted by Crippen LogP contribution is 2.30. The zero-order chi connectivity index (χ0) is 20.0. The number of benzene rings is 1. The van der Waals surface area contributed by atoms with Crippen LogP contribution in [-0.4, -0.2) is 31.7 Å². The van der Waals surface area contributed by atoms with E-state index in [1.165, 1.54) is 0 Å². The van der Waals surface area contributed by atoms with Crippen molar-refractivity contribution in [3.63, 3.8) is 0 Å². The standard InChI is InChI=1S/C20H28BrN3O3/c1-5-27-18(25)16-11-22-19(26)24-17(16)12-23-20(4,10-13(2)3)14-7-6-8-15(21)9-14/h6-9,13,23H,5,10-12H2,1-4H3,(H2,22,24,26). The molecule has 1 aliphatic rings. The van der Waals surface area contributed by atoms with Crippen LogP contribution in [0.2, 0.25) is 0 Å². The third kappa shape index (κ3) is 5.81. The smallest absolute Gasteiger partial charge is 0.337 e. The van der Waals surface area contributed by atoms with Crippen LogP contribution in [0.15, 0.2) is 40.0 Å². The molecule has 0 fully saturated rings. The van der Waals surface area contributed by atoms with Gasteiger partial charge in [-0.1, -0.05) is 41.9 Å². The van der Waals surface area contributed by atoms with Gasteiger partial charge in [0.05, 0.1) is 18.7 Å². The van der Waals surface area contributed by atoms with Crippen LogP contribution >= 0.6 is 15.9 Å². The summed E-state index contributed by atoms with van der Waals surface area (Å²) >= 11 is 3.54. The SMILES string of the molecule is CCOC(=O)C1=C(CNC(C)(CC(C)C)c2cccc(Br)c2)NC(=O)NC1. The fourth-order valence-corrected chi connectivity index (χ4v) is 3.72. The summed E-state index contributed by atoms with van der Waals surface area (Å²) in [4.78, 5) is 24.0. The Labute approximate surface area is 169 Å². The van der Waals surface area contributed by atoms with Gasteiger partial charge in [0.25, 0.3) is 0 Å². The molecule has 1 unspecified atom stereocenters. The van der Waals surface area contributed by atoms with Crippen molar-refractivity contribution in [3.05, 3.63) is 45.6 Å². The van der Waals surface area contributed by atoms with Crippen molar-refractivity contribution in [1.29, 1.82) is 0 Å². The average molecular weight is 438 g/mol. The van der Waals surface area contributed by atoms with Crippen molar-refractivity contribution in [2.75, 3.05) is 19.7 Å². The van der Waals surface area contributed by atoms with Crippen LogP contribution < -0.4 is 16.0 Å². The molecule has 0 bridgehead atoms. The van der Waals surface area contributed by atoms with E-state index in [9.17, 15) is 9.59 Å². The second-order valence-corrected chi connectivity index (χ2v) is 8.19. The monoisotopic (exact) mass is 437 g/mol. The van der Waals surface area contributed by atoms with Crippen molar-refractivity contribution in [2.45, 2.75) is 39.7 Å². The van der Waals surface area contributed by atoms with Crippen molar-refractivity contribution in [1.82, 2.24) is 16.0 Å². The lowest BCUT2D eigenvalue weighted by atomic mass is 9.84. The molecule has 1 atom stereocenters. The molecule has 0 saturated carbocycles. The molecule has 0 saturated heterocycles. The van der Waals surface area contributed by atoms with E-state index >= 15 is 0 Å². The zero-order valence-electron chi connectivity index (χ0n) is 16.3. The number of amides is 2. The molecule has 3 N–H and O–H groups in total. The number of hydrogen-bond acceptors (Lipinski definition) is 4. The Kier molecular flexibility index (Phi) is 7.44. The predicted molar refractivity (Wildman–Crippen MR) is 109 cm³/mol. The van der Waals surface area contributed by atoms with Crippen LogP contribution in [0, 0.1) is 5.92 Å². The minimum absolute atomic E-state index is 0.166. The summed E-state index contributed by atoms with van der Waals surface area (Å²) < 4.78 is 6.13. The maximum absolute atomic E-state index is 12.2. The second kappa shape index (κ2) is 9.37. The van der Waals surface area contributed by atoms with Crippen LogP contribution in [0.1, 0.15) is 39.7 Å². The number of urea groups is 1. The highest BCUT2D eigenvalue weighted by molar-refractivity contribution is 9.10. The molecule has 1 aromatic rings. The molecule has 1 heterocycles. The van der Waals surface area contributed by atoms with Gasteiger partial charge in [-0.05, 0) is 43.9 Å². The quantitative estimate of drug-likeness (QED) is 0.544. The van der Waals surface area contributed by atoms with E-state index in [4.69, 9.17) is 4.74 Å². The predicted octanol–water partition coefficient (Wildman–Crippen LogP) is 3.43. The summed E-state index contributed by atoms with van der Waals surface area (Å²) in [6.45, 7) is 9.07. The Bertz CT molecular complexity index is 733. The van der Waals surface area contributed by atoms with Gasteiger partial charge in [0, 0.05) is 22.3 Å². The maximum atomic E-state index is 12.2. The average Bonchev–Trinajstić information content (AvgIpc) is 2.59. The van der Waals surface area contributed by atoms with Crippen molar-refractivity contribution < 1.29 is 14.3 Å². The zero-order valence-corrected chi connectivity index (χ0v) is 17.9. The van der Waals surface area contributed by atoms with Crippen LogP contribution in [0.5, 0.6) is 0 Å². The molecule has 148 valence electrons. The van der Waals surface area contributed by atoms with Crippen LogP contribution in [0.25, 0.3) is 0 Å². The molecule has 0 radical (unpaired) electrons. The summed E-state index contributed by atoms with van der Waals surface area (Å²) in [5, 5.41) is 8.94. The molecule has 1 aromatic carbocycles. The van der Waals surface area contributed by atoms with Gasteiger partial charge < -0.3 is 20.7 Å². The molecule has 27 heavy (non-hydrogen) atoms. The first-order valence-corrected chi connectivity index (χ1v) is 9.99. The number of rotatable bonds is 8. The van der Waals surface area contributed by atoms with Gasteiger partial charge >= 0.3 is 12.0 Å². The minimum Gasteiger partial charge on any atom is -0.463 e. The first kappa shape index (κ1) is 21.4. The normalized spacial score (nSPS) is 16.6. The van der Waals surface area contributed by atoms with E-state index in [-0.39, 0.29) is 18.1 Å². The Balaban J connectivity index is 2.28. The summed E-state index contributed by atoms with van der Waals surface area (Å²) in [6.07, 6.45) is 0.900. The molecular weight excluding hydrogens is 410 g/mol. The van der Waals surface area contributed by atoms with Crippen LogP contribution in [0.4, 0.5) is 4.79 Å². The number of carbonyl (C=O) groups is 2. The number of halogens is 1. The highest BCUT2D eigenvalue weighted by atomic mass is 79.9. The van der Waals surface area contributed by atoms with Crippen molar-refractivity contribution in [3.8, 4) is 0 Å². The van der Waals surface area contributed by atoms with Gasteiger partial charge in [-0.3, -0.25) is 0 Å². The maximum Gasteiger partial charge on any atom is 0.337 e. The number of nitrogens with one attached hydrogen (secondary N) is 3. The van der Waals surface area contributed by atoms with Gasteiger partial charge in [-0.2, -0.15) is 0 Å². The van der Waals surface area contributed by atoms with Gasteiger partial charge in [-0.25, -0.2) is 9.59 Å². The van der Waals surface area contributed by atoms with E-state index in [0.29, 0.717) is 30.3 Å². The molecule has 2 amide bonds. The van der Waals surface area contributed by atoms with E-state index in [1.807, 2.05) is 12.1 Å². The fraction of sp³-hybridized carbons (Fsp3) is 0.500. The molecular formula is C20H28BrN3O3. The Hall–Kier alpha value is -1.86. The Morgan fingerprint density at radius 3 is 2.78 bits per heavy atom. The fourth-order valence-electron chi connectivity index (χ4n) is 3.32. The second-order valence-electron chi connectivity index (χ2n) is 7.28. The summed E-state index contributed by atoms with van der Waals surface area (Å²) in [5.41, 5.74) is 1.83. The molecule has 7 heteroatoms. The highest BCUT2D eigenvalue weighted by Gasteiger charge is 2.30. The van der Waals surface area contributed by atoms with Crippen LogP contribution in [0.3, 0.4) is 0 Å². The topological polar surface area (TPSA) is 79.5 Å². The molecule has 2 rings (SSSR count). The van der Waals surface area contributed by atoms with Crippen molar-refractivity contribution >= 4 is 27.9 Å². The van der Waals surface area contributed by atoms with E-state index in [1.54, 1.807) is 6.92 Å². The third-order valence-corrected chi connectivity index (χ3v) is 5.00. The third-order valence-electron chi connectivity index (χ3n) is 4.51. The number of carbonyl (C=O) groups excluding carboxylic acids is 2. The molecule has 1 aliphatic heterocycles. The first-order valence-electron chi connectivity index (χ1n) is 9.20. The summed E-state index contributed by atoms with van der Waals surface area (Å²) in [5.74, 6) is 0.0532. The summed E-state index contributed by atoms with van der Waals surface area (Å²) in [6, 6.07) is 7.87. The van der Waals surface area contributed by atoms with Gasteiger partial charge in [-0.15, -0.1) is 0 Å². The van der Waals surface area contributed by atoms with E-state index in [0.717, 1.165) is 16.5 Å². The largest absolute Gasteiger partial charge is 0.463 e. The summed E-state index contributed by atoms with van der Waals surface area (Å²) in [7, 11) is 0. The number of esters is 1. The molecule has 0 spiro atoms. The lowest BCUT2D eigenvalue weighted by Gasteiger charge is -2.35. The van der Waals surface area contributed by atoms with E-state index < -0.39 is 5.97 Å². The van der Waals surface area contributed by atoms with Gasteiger partial charge in [0.1, 0.15) is 0 Å². The Morgan fingerprint density at radius 2 is 2.15 bits per heavy atom. The van der Waals surface area contributed by atoms with Gasteiger partial charge in [0.15, 0.2) is 0 Å². The van der Waals surface area contributed by atoms with Gasteiger partial charge in [0.2, 0.25) is 0 Å². The minimum atomic E-state index is -0.408. The first-order chi connectivity index (χ1) is 12.7. The number of hydrogen-bond donors (Lipinski definition) is 3. The van der Waals surface area contributed by atoms with Crippen LogP contribution in [-0.2, 0) is 15.1 Å². The molecule has 6 nitrogen and oxygen atoms in total. The van der Waals surface area contributed by atoms with E-state index in [2.05, 4.69) is 64.8 Å². The number of ether oxygens (including phenoxy) is 1. The lowest BCUT2D eigenvalue weighted by molar-refractivity contribution is -0.138.